The summed E-state index contributed by atoms with van der Waals surface area (Å²) >= 11 is 1.46. The molecule has 3 heterocycles. The molecule has 0 bridgehead atoms. The van der Waals surface area contributed by atoms with Gasteiger partial charge in [-0.2, -0.15) is 0 Å². The van der Waals surface area contributed by atoms with Crippen molar-refractivity contribution in [2.45, 2.75) is 38.6 Å². The van der Waals surface area contributed by atoms with E-state index in [0.29, 0.717) is 4.88 Å². The molecule has 3 N–H and O–H groups in total. The molecule has 42 heavy (non-hydrogen) atoms. The monoisotopic (exact) mass is 589 g/mol. The predicted octanol–water partition coefficient (Wildman–Crippen LogP) is 4.89. The molecule has 2 aliphatic heterocycles. The second kappa shape index (κ2) is 14.4. The number of nitrogens with one attached hydrogen (secondary N) is 1. The zero-order chi connectivity index (χ0) is 29.3. The molecule has 10 heteroatoms. The Hall–Kier alpha value is -3.73. The van der Waals surface area contributed by atoms with Gasteiger partial charge in [0.2, 0.25) is 5.91 Å². The number of carbonyl (C=O) groups excluding carboxylic acids is 3. The largest absolute Gasteiger partial charge is 0.446 e. The average Bonchev–Trinajstić information content (AvgIpc) is 3.49. The first-order chi connectivity index (χ1) is 20.5. The van der Waals surface area contributed by atoms with Gasteiger partial charge in [0.1, 0.15) is 6.61 Å². The normalized spacial score (nSPS) is 16.6. The quantitative estimate of drug-likeness (QED) is 0.326. The van der Waals surface area contributed by atoms with E-state index in [1.165, 1.54) is 11.3 Å². The third-order valence-electron chi connectivity index (χ3n) is 7.87. The molecule has 0 spiro atoms. The van der Waals surface area contributed by atoms with Crippen LogP contribution in [0, 0.1) is 5.92 Å². The summed E-state index contributed by atoms with van der Waals surface area (Å²) in [6, 6.07) is 21.7. The lowest BCUT2D eigenvalue weighted by atomic mass is 9.96. The first-order valence-electron chi connectivity index (χ1n) is 14.7. The van der Waals surface area contributed by atoms with Crippen molar-refractivity contribution in [3.63, 3.8) is 0 Å². The predicted molar refractivity (Wildman–Crippen MR) is 165 cm³/mol. The maximum atomic E-state index is 13.5. The number of hydrogen-bond acceptors (Lipinski definition) is 7. The van der Waals surface area contributed by atoms with Crippen molar-refractivity contribution < 1.29 is 19.1 Å². The van der Waals surface area contributed by atoms with Gasteiger partial charge in [0, 0.05) is 36.0 Å². The maximum Gasteiger partial charge on any atom is 0.429 e. The van der Waals surface area contributed by atoms with Crippen LogP contribution in [-0.4, -0.2) is 67.1 Å². The first kappa shape index (κ1) is 29.8. The average molecular weight is 590 g/mol. The summed E-state index contributed by atoms with van der Waals surface area (Å²) in [7, 11) is 0. The molecule has 9 nitrogen and oxygen atoms in total. The smallest absolute Gasteiger partial charge is 0.429 e. The number of nitrogens with two attached hydrogens (primary N) is 1. The minimum Gasteiger partial charge on any atom is -0.446 e. The number of piperidine rings is 2. The fourth-order valence-electron chi connectivity index (χ4n) is 5.60. The van der Waals surface area contributed by atoms with Crippen molar-refractivity contribution in [1.82, 2.24) is 15.2 Å². The minimum atomic E-state index is -0.451. The lowest BCUT2D eigenvalue weighted by Gasteiger charge is -2.37. The number of nitrogens with zero attached hydrogens (tertiary/aromatic N) is 3. The van der Waals surface area contributed by atoms with E-state index in [9.17, 15) is 14.4 Å². The molecular formula is C32H39N5O4S. The highest BCUT2D eigenvalue weighted by atomic mass is 32.1. The Balaban J connectivity index is 1.15. The highest BCUT2D eigenvalue weighted by Crippen LogP contribution is 2.33. The van der Waals surface area contributed by atoms with E-state index in [2.05, 4.69) is 15.2 Å². The van der Waals surface area contributed by atoms with E-state index in [1.807, 2.05) is 66.7 Å². The molecule has 2 fully saturated rings. The molecule has 2 aliphatic rings. The second-order valence-electron chi connectivity index (χ2n) is 10.8. The van der Waals surface area contributed by atoms with Gasteiger partial charge < -0.3 is 15.8 Å². The summed E-state index contributed by atoms with van der Waals surface area (Å²) in [6.07, 6.45) is 4.28. The number of rotatable bonds is 10. The third-order valence-corrected chi connectivity index (χ3v) is 8.94. The van der Waals surface area contributed by atoms with Crippen LogP contribution in [0.15, 0.2) is 66.7 Å². The molecule has 3 amide bonds. The molecule has 1 aromatic heterocycles. The fraction of sp³-hybridized carbons (Fsp3) is 0.406. The Kier molecular flexibility index (Phi) is 10.2. The van der Waals surface area contributed by atoms with Crippen LogP contribution >= 0.6 is 11.3 Å². The molecule has 0 atom stereocenters. The molecule has 0 radical (unpaired) electrons. The SMILES string of the molecule is NC(=O)C1CCN(Cc2ccc(C(=O)NCCOC(=O)N(c3ccccc3-c3ccccc3)N3CCCCC3)s2)CC1. The number of thiophene rings is 1. The molecule has 0 unspecified atom stereocenters. The van der Waals surface area contributed by atoms with Gasteiger partial charge in [-0.15, -0.1) is 11.3 Å². The Labute approximate surface area is 251 Å². The van der Waals surface area contributed by atoms with Crippen molar-refractivity contribution >= 4 is 34.9 Å². The van der Waals surface area contributed by atoms with E-state index in [-0.39, 0.29) is 30.9 Å². The Morgan fingerprint density at radius 2 is 1.62 bits per heavy atom. The van der Waals surface area contributed by atoms with E-state index in [1.54, 1.807) is 5.01 Å². The number of anilines is 1. The van der Waals surface area contributed by atoms with E-state index >= 15 is 0 Å². The van der Waals surface area contributed by atoms with Crippen LogP contribution < -0.4 is 16.1 Å². The maximum absolute atomic E-state index is 13.5. The molecule has 0 aliphatic carbocycles. The van der Waals surface area contributed by atoms with Crippen LogP contribution in [0.25, 0.3) is 11.1 Å². The number of hydrazine groups is 1. The van der Waals surface area contributed by atoms with Crippen molar-refractivity contribution in [2.75, 3.05) is 44.3 Å². The van der Waals surface area contributed by atoms with Crippen molar-refractivity contribution in [1.29, 1.82) is 0 Å². The van der Waals surface area contributed by atoms with Gasteiger partial charge in [-0.25, -0.2) is 14.8 Å². The van der Waals surface area contributed by atoms with Gasteiger partial charge in [-0.05, 0) is 62.5 Å². The van der Waals surface area contributed by atoms with Crippen LogP contribution in [-0.2, 0) is 16.1 Å². The molecule has 0 saturated carbocycles. The molecule has 5 rings (SSSR count). The van der Waals surface area contributed by atoms with Crippen LogP contribution in [0.1, 0.15) is 46.7 Å². The zero-order valence-electron chi connectivity index (χ0n) is 23.9. The first-order valence-corrected chi connectivity index (χ1v) is 15.6. The summed E-state index contributed by atoms with van der Waals surface area (Å²) in [4.78, 5) is 41.7. The van der Waals surface area contributed by atoms with Crippen LogP contribution in [0.5, 0.6) is 0 Å². The van der Waals surface area contributed by atoms with Crippen LogP contribution in [0.4, 0.5) is 10.5 Å². The highest BCUT2D eigenvalue weighted by molar-refractivity contribution is 7.14. The molecule has 3 aromatic rings. The van der Waals surface area contributed by atoms with E-state index in [4.69, 9.17) is 10.5 Å². The number of primary amides is 1. The zero-order valence-corrected chi connectivity index (χ0v) is 24.7. The summed E-state index contributed by atoms with van der Waals surface area (Å²) in [5.41, 5.74) is 8.21. The number of ether oxygens (including phenoxy) is 1. The van der Waals surface area contributed by atoms with Crippen LogP contribution in [0.3, 0.4) is 0 Å². The Bertz CT molecular complexity index is 1350. The molecular weight excluding hydrogens is 550 g/mol. The number of para-hydroxylation sites is 1. The molecule has 222 valence electrons. The van der Waals surface area contributed by atoms with Gasteiger partial charge >= 0.3 is 6.09 Å². The number of amides is 3. The lowest BCUT2D eigenvalue weighted by Crippen LogP contribution is -2.50. The van der Waals surface area contributed by atoms with Gasteiger partial charge in [0.25, 0.3) is 5.91 Å². The summed E-state index contributed by atoms with van der Waals surface area (Å²) in [6.45, 7) is 4.23. The molecule has 2 aromatic carbocycles. The molecule has 2 saturated heterocycles. The van der Waals surface area contributed by atoms with E-state index < -0.39 is 6.09 Å². The van der Waals surface area contributed by atoms with Crippen molar-refractivity contribution in [3.05, 3.63) is 76.5 Å². The van der Waals surface area contributed by atoms with Gasteiger partial charge in [0.05, 0.1) is 17.1 Å². The second-order valence-corrected chi connectivity index (χ2v) is 12.0. The van der Waals surface area contributed by atoms with Gasteiger partial charge in [0.15, 0.2) is 0 Å². The lowest BCUT2D eigenvalue weighted by molar-refractivity contribution is -0.123. The summed E-state index contributed by atoms with van der Waals surface area (Å²) in [5, 5.41) is 6.62. The third kappa shape index (κ3) is 7.56. The number of carbonyl (C=O) groups is 3. The topological polar surface area (TPSA) is 108 Å². The number of benzene rings is 2. The Morgan fingerprint density at radius 3 is 2.36 bits per heavy atom. The summed E-state index contributed by atoms with van der Waals surface area (Å²) in [5.74, 6) is -0.436. The summed E-state index contributed by atoms with van der Waals surface area (Å²) < 4.78 is 5.71. The van der Waals surface area contributed by atoms with Crippen molar-refractivity contribution in [2.24, 2.45) is 11.7 Å². The standard InChI is InChI=1S/C32H39N5O4S/c33-30(38)25-15-20-35(21-16-25)23-26-13-14-29(42-26)31(39)34-17-22-41-32(40)37(36-18-7-2-8-19-36)28-12-6-5-11-27(28)24-9-3-1-4-10-24/h1,3-6,9-14,25H,2,7-8,15-23H2,(H2,33,38)(H,34,39). The number of hydrogen-bond donors (Lipinski definition) is 2. The van der Waals surface area contributed by atoms with Crippen molar-refractivity contribution in [3.8, 4) is 11.1 Å². The minimum absolute atomic E-state index is 0.0365. The van der Waals surface area contributed by atoms with Gasteiger partial charge in [-0.1, -0.05) is 55.0 Å². The number of likely N-dealkylation sites (tertiary alicyclic amines) is 1. The highest BCUT2D eigenvalue weighted by Gasteiger charge is 2.28. The Morgan fingerprint density at radius 1 is 0.905 bits per heavy atom. The van der Waals surface area contributed by atoms with E-state index in [0.717, 1.165) is 86.5 Å². The van der Waals surface area contributed by atoms with Crippen LogP contribution in [0.2, 0.25) is 0 Å². The fourth-order valence-corrected chi connectivity index (χ4v) is 6.56. The van der Waals surface area contributed by atoms with Gasteiger partial charge in [-0.3, -0.25) is 14.5 Å².